The predicted molar refractivity (Wildman–Crippen MR) is 92.1 cm³/mol. The molecule has 120 valence electrons. The third kappa shape index (κ3) is 2.11. The quantitative estimate of drug-likeness (QED) is 0.657. The lowest BCUT2D eigenvalue weighted by atomic mass is 9.58. The van der Waals surface area contributed by atoms with Gasteiger partial charge in [-0.05, 0) is 35.8 Å². The molecule has 0 spiro atoms. The number of benzene rings is 1. The maximum absolute atomic E-state index is 9.94. The monoisotopic (exact) mass is 300 g/mol. The van der Waals surface area contributed by atoms with Crippen molar-refractivity contribution in [3.05, 3.63) is 42.0 Å². The van der Waals surface area contributed by atoms with Crippen LogP contribution in [0.2, 0.25) is 0 Å². The van der Waals surface area contributed by atoms with Crippen molar-refractivity contribution in [2.75, 3.05) is 19.6 Å². The number of hydrogen-bond donors (Lipinski definition) is 1. The highest BCUT2D eigenvalue weighted by Crippen LogP contribution is 2.51. The number of aromatic hydroxyl groups is 1. The number of nitrogens with zero attached hydrogens (tertiary/aromatic N) is 1. The molecule has 4 atom stereocenters. The van der Waals surface area contributed by atoms with Crippen molar-refractivity contribution in [2.24, 2.45) is 5.92 Å². The zero-order valence-corrected chi connectivity index (χ0v) is 14.3. The fourth-order valence-corrected chi connectivity index (χ4v) is 5.30. The highest BCUT2D eigenvalue weighted by molar-refractivity contribution is 5.43. The van der Waals surface area contributed by atoms with Crippen molar-refractivity contribution < 1.29 is 9.59 Å². The Morgan fingerprint density at radius 1 is 1.45 bits per heavy atom. The first-order chi connectivity index (χ1) is 10.5. The Morgan fingerprint density at radius 3 is 2.91 bits per heavy atom. The average Bonchev–Trinajstić information content (AvgIpc) is 2.48. The topological polar surface area (TPSA) is 20.2 Å². The van der Waals surface area contributed by atoms with E-state index in [2.05, 4.69) is 39.5 Å². The minimum Gasteiger partial charge on any atom is -0.508 e. The Balaban J connectivity index is 2.09. The summed E-state index contributed by atoms with van der Waals surface area (Å²) in [6.45, 7) is 14.8. The van der Waals surface area contributed by atoms with Gasteiger partial charge >= 0.3 is 0 Å². The lowest BCUT2D eigenvalue weighted by Gasteiger charge is -2.59. The van der Waals surface area contributed by atoms with Crippen molar-refractivity contribution in [2.45, 2.75) is 51.5 Å². The van der Waals surface area contributed by atoms with Gasteiger partial charge in [0.1, 0.15) is 5.75 Å². The second-order valence-electron chi connectivity index (χ2n) is 7.71. The Labute approximate surface area is 135 Å². The van der Waals surface area contributed by atoms with Gasteiger partial charge in [0.2, 0.25) is 0 Å². The van der Waals surface area contributed by atoms with Crippen LogP contribution in [-0.2, 0) is 11.8 Å². The molecule has 0 radical (unpaired) electrons. The summed E-state index contributed by atoms with van der Waals surface area (Å²) < 4.78 is 1.21. The largest absolute Gasteiger partial charge is 0.508 e. The summed E-state index contributed by atoms with van der Waals surface area (Å²) in [6.07, 6.45) is 5.70. The van der Waals surface area contributed by atoms with E-state index in [4.69, 9.17) is 0 Å². The Bertz CT molecular complexity index is 581. The van der Waals surface area contributed by atoms with Crippen LogP contribution in [0.5, 0.6) is 5.75 Å². The molecular formula is C20H30NO+. The van der Waals surface area contributed by atoms with Crippen molar-refractivity contribution >= 4 is 0 Å². The summed E-state index contributed by atoms with van der Waals surface area (Å²) in [5.74, 6) is 1.05. The van der Waals surface area contributed by atoms with Crippen molar-refractivity contribution in [3.63, 3.8) is 0 Å². The second-order valence-corrected chi connectivity index (χ2v) is 7.71. The van der Waals surface area contributed by atoms with Crippen molar-refractivity contribution in [1.29, 1.82) is 0 Å². The van der Waals surface area contributed by atoms with E-state index in [9.17, 15) is 5.11 Å². The van der Waals surface area contributed by atoms with E-state index >= 15 is 0 Å². The van der Waals surface area contributed by atoms with Gasteiger partial charge in [0, 0.05) is 24.2 Å². The van der Waals surface area contributed by atoms with Gasteiger partial charge in [-0.3, -0.25) is 0 Å². The van der Waals surface area contributed by atoms with Gasteiger partial charge in [-0.1, -0.05) is 33.4 Å². The van der Waals surface area contributed by atoms with Crippen LogP contribution in [0, 0.1) is 5.92 Å². The Morgan fingerprint density at radius 2 is 2.23 bits per heavy atom. The summed E-state index contributed by atoms with van der Waals surface area (Å²) in [5, 5.41) is 9.94. The summed E-state index contributed by atoms with van der Waals surface area (Å²) in [7, 11) is 0. The molecule has 0 aromatic heterocycles. The number of piperidine rings is 1. The summed E-state index contributed by atoms with van der Waals surface area (Å²) >= 11 is 0. The first kappa shape index (κ1) is 15.6. The number of likely N-dealkylation sites (tertiary alicyclic amines) is 1. The molecule has 0 amide bonds. The molecule has 1 N–H and O–H groups in total. The maximum atomic E-state index is 9.94. The molecule has 2 bridgehead atoms. The molecule has 2 nitrogen and oxygen atoms in total. The fraction of sp³-hybridized carbons (Fsp3) is 0.600. The van der Waals surface area contributed by atoms with Gasteiger partial charge in [-0.25, -0.2) is 0 Å². The van der Waals surface area contributed by atoms with Gasteiger partial charge in [0.15, 0.2) is 0 Å². The molecule has 1 aromatic rings. The highest BCUT2D eigenvalue weighted by Gasteiger charge is 2.55. The van der Waals surface area contributed by atoms with Crippen LogP contribution in [0.25, 0.3) is 0 Å². The molecule has 1 saturated heterocycles. The minimum absolute atomic E-state index is 0.202. The molecule has 2 aliphatic rings. The molecule has 1 heterocycles. The standard InChI is InChI=1S/C20H29NO/c1-5-10-21(11-6-2)12-9-20(4)15(3)19(21)13-16-7-8-17(22)14-18(16)20/h5,7-8,14-15,19H,1,6,9-13H2,2-4H3/p+1/t15?,19-,20+,21?/m1/s1. The van der Waals surface area contributed by atoms with Crippen LogP contribution in [-0.4, -0.2) is 35.3 Å². The first-order valence-electron chi connectivity index (χ1n) is 8.76. The van der Waals surface area contributed by atoms with Gasteiger partial charge in [0.25, 0.3) is 0 Å². The third-order valence-electron chi connectivity index (χ3n) is 6.66. The van der Waals surface area contributed by atoms with Crippen LogP contribution in [0.15, 0.2) is 30.9 Å². The van der Waals surface area contributed by atoms with E-state index in [1.807, 2.05) is 12.1 Å². The zero-order valence-electron chi connectivity index (χ0n) is 14.3. The minimum atomic E-state index is 0.202. The SMILES string of the molecule is C=CC[N+]1(CCC)CC[C@]2(C)c3cc(O)ccc3C[C@@H]1C2C. The third-order valence-corrected chi connectivity index (χ3v) is 6.66. The molecule has 1 aliphatic heterocycles. The molecule has 2 unspecified atom stereocenters. The normalized spacial score (nSPS) is 36.7. The van der Waals surface area contributed by atoms with E-state index in [0.717, 1.165) is 13.0 Å². The number of quaternary nitrogens is 1. The highest BCUT2D eigenvalue weighted by atomic mass is 16.3. The average molecular weight is 300 g/mol. The zero-order chi connectivity index (χ0) is 16.0. The molecule has 3 rings (SSSR count). The van der Waals surface area contributed by atoms with Crippen LogP contribution >= 0.6 is 0 Å². The molecule has 2 heteroatoms. The maximum Gasteiger partial charge on any atom is 0.115 e. The van der Waals surface area contributed by atoms with E-state index in [1.54, 1.807) is 0 Å². The number of rotatable bonds is 4. The van der Waals surface area contributed by atoms with Crippen molar-refractivity contribution in [1.82, 2.24) is 0 Å². The molecule has 22 heavy (non-hydrogen) atoms. The smallest absolute Gasteiger partial charge is 0.115 e. The van der Waals surface area contributed by atoms with E-state index in [0.29, 0.717) is 17.7 Å². The molecule has 1 aliphatic carbocycles. The van der Waals surface area contributed by atoms with Crippen LogP contribution in [0.1, 0.15) is 44.7 Å². The predicted octanol–water partition coefficient (Wildman–Crippen LogP) is 4.03. The summed E-state index contributed by atoms with van der Waals surface area (Å²) in [6, 6.07) is 6.71. The number of phenols is 1. The fourth-order valence-electron chi connectivity index (χ4n) is 5.30. The Hall–Kier alpha value is -1.28. The number of phenolic OH excluding ortho intramolecular Hbond substituents is 1. The Kier molecular flexibility index (Phi) is 3.84. The first-order valence-corrected chi connectivity index (χ1v) is 8.76. The second kappa shape index (κ2) is 5.42. The number of fused-ring (bicyclic) bond motifs is 4. The summed E-state index contributed by atoms with van der Waals surface area (Å²) in [5.41, 5.74) is 3.04. The molecule has 1 fully saturated rings. The van der Waals surface area contributed by atoms with Gasteiger partial charge in [0.05, 0.1) is 25.7 Å². The van der Waals surface area contributed by atoms with E-state index in [-0.39, 0.29) is 5.41 Å². The van der Waals surface area contributed by atoms with Gasteiger partial charge in [-0.2, -0.15) is 0 Å². The lowest BCUT2D eigenvalue weighted by molar-refractivity contribution is -0.956. The van der Waals surface area contributed by atoms with E-state index < -0.39 is 0 Å². The van der Waals surface area contributed by atoms with Crippen molar-refractivity contribution in [3.8, 4) is 5.75 Å². The van der Waals surface area contributed by atoms with Crippen LogP contribution < -0.4 is 0 Å². The van der Waals surface area contributed by atoms with Gasteiger partial charge < -0.3 is 9.59 Å². The molecule has 0 saturated carbocycles. The molecular weight excluding hydrogens is 270 g/mol. The van der Waals surface area contributed by atoms with E-state index in [1.165, 1.54) is 41.5 Å². The van der Waals surface area contributed by atoms with Crippen LogP contribution in [0.4, 0.5) is 0 Å². The number of hydrogen-bond acceptors (Lipinski definition) is 1. The van der Waals surface area contributed by atoms with Gasteiger partial charge in [-0.15, -0.1) is 0 Å². The molecule has 1 aromatic carbocycles. The lowest BCUT2D eigenvalue weighted by Crippen LogP contribution is -2.68. The summed E-state index contributed by atoms with van der Waals surface area (Å²) in [4.78, 5) is 0. The van der Waals surface area contributed by atoms with Crippen LogP contribution in [0.3, 0.4) is 0 Å².